The Bertz CT molecular complexity index is 2380. The van der Waals surface area contributed by atoms with Crippen LogP contribution in [0, 0.1) is 85.2 Å². The first-order valence-corrected chi connectivity index (χ1v) is 24.3. The molecule has 4 heterocycles. The van der Waals surface area contributed by atoms with Crippen molar-refractivity contribution in [3.63, 3.8) is 0 Å². The zero-order valence-electron chi connectivity index (χ0n) is 40.1. The number of halogens is 3. The maximum atomic E-state index is 14.7. The second-order valence-corrected chi connectivity index (χ2v) is 23.5. The lowest BCUT2D eigenvalue weighted by Crippen LogP contribution is -2.57. The molecule has 0 aromatic carbocycles. The average Bonchev–Trinajstić information content (AvgIpc) is 4.24. The number of nitrogens with one attached hydrogen (secondary N) is 4. The predicted molar refractivity (Wildman–Crippen MR) is 234 cm³/mol. The van der Waals surface area contributed by atoms with Crippen LogP contribution in [0.4, 0.5) is 18.0 Å². The van der Waals surface area contributed by atoms with Crippen LogP contribution in [0.2, 0.25) is 0 Å². The molecule has 0 bridgehead atoms. The first-order valence-electron chi connectivity index (χ1n) is 24.3. The van der Waals surface area contributed by atoms with Crippen LogP contribution in [0.25, 0.3) is 0 Å². The molecule has 4 N–H and O–H groups in total. The molecule has 3 saturated heterocycles. The van der Waals surface area contributed by atoms with E-state index in [0.29, 0.717) is 51.7 Å². The third-order valence-electron chi connectivity index (χ3n) is 18.7. The van der Waals surface area contributed by atoms with E-state index in [1.165, 1.54) is 35.1 Å². The lowest BCUT2D eigenvalue weighted by molar-refractivity contribution is -0.467. The van der Waals surface area contributed by atoms with Crippen molar-refractivity contribution in [2.24, 2.45) is 62.6 Å². The number of fused-ring (bicyclic) bond motifs is 2. The summed E-state index contributed by atoms with van der Waals surface area (Å²) in [5.41, 5.74) is -3.01. The molecule has 8 fully saturated rings. The number of piperidine rings is 1. The van der Waals surface area contributed by atoms with Crippen molar-refractivity contribution in [2.45, 2.75) is 142 Å². The molecule has 68 heavy (non-hydrogen) atoms. The lowest BCUT2D eigenvalue weighted by atomic mass is 9.67. The summed E-state index contributed by atoms with van der Waals surface area (Å²) < 4.78 is 42.2. The van der Waals surface area contributed by atoms with Gasteiger partial charge < -0.3 is 36.0 Å². The van der Waals surface area contributed by atoms with E-state index in [1.54, 1.807) is 11.9 Å². The molecule has 7 unspecified atom stereocenters. The molecular formula is C48H64F3N10O7+. The number of urea groups is 1. The molecule has 8 amide bonds. The summed E-state index contributed by atoms with van der Waals surface area (Å²) in [7, 11) is 1.61. The third-order valence-corrected chi connectivity index (χ3v) is 18.7. The van der Waals surface area contributed by atoms with Gasteiger partial charge in [0.05, 0.1) is 30.0 Å². The summed E-state index contributed by atoms with van der Waals surface area (Å²) >= 11 is 0. The first-order chi connectivity index (χ1) is 31.7. The highest BCUT2D eigenvalue weighted by Crippen LogP contribution is 2.89. The fourth-order valence-corrected chi connectivity index (χ4v) is 14.4. The number of carbonyl (C=O) groups excluding carboxylic acids is 7. The van der Waals surface area contributed by atoms with Gasteiger partial charge in [0.15, 0.2) is 12.1 Å². The van der Waals surface area contributed by atoms with Gasteiger partial charge in [-0.05, 0) is 84.9 Å². The summed E-state index contributed by atoms with van der Waals surface area (Å²) in [6.45, 7) is 13.9. The quantitative estimate of drug-likeness (QED) is 0.199. The minimum atomic E-state index is -5.28. The molecule has 4 aliphatic heterocycles. The SMILES string of the molecule is CCC1(C(=O)N2C[C@H]3[C@H](C2C(=O)N[C@H](C#N)CC2C(=O)NC4CCC(C5(C)[C@H]6C(C(=O)N[C@H](C#N)CN7CCN(C)C7=O)=[N+](C(=O)[C@@H](NC(=O)C(F)(F)F)C(C)(C)C)[C@@H]7CC675)CC42)C3(C)C)CC1. The third kappa shape index (κ3) is 7.10. The number of amides is 8. The monoisotopic (exact) mass is 949 g/mol. The Balaban J connectivity index is 0.957. The highest BCUT2D eigenvalue weighted by atomic mass is 19.4. The average molecular weight is 950 g/mol. The number of hydrogen-bond donors (Lipinski definition) is 4. The highest BCUT2D eigenvalue weighted by molar-refractivity contribution is 6.40. The Morgan fingerprint density at radius 3 is 2.22 bits per heavy atom. The molecule has 0 radical (unpaired) electrons. The van der Waals surface area contributed by atoms with E-state index in [-0.39, 0.29) is 77.6 Å². The maximum Gasteiger partial charge on any atom is 0.471 e. The van der Waals surface area contributed by atoms with E-state index >= 15 is 0 Å². The van der Waals surface area contributed by atoms with Crippen molar-refractivity contribution in [3.05, 3.63) is 0 Å². The summed E-state index contributed by atoms with van der Waals surface area (Å²) in [5.74, 6) is -5.91. The number of carbonyl (C=O) groups is 7. The first kappa shape index (κ1) is 47.8. The Morgan fingerprint density at radius 1 is 0.971 bits per heavy atom. The molecule has 9 rings (SSSR count). The highest BCUT2D eigenvalue weighted by Gasteiger charge is 2.98. The van der Waals surface area contributed by atoms with Gasteiger partial charge in [-0.15, -0.1) is 0 Å². The summed E-state index contributed by atoms with van der Waals surface area (Å²) in [5, 5.41) is 31.4. The normalized spacial score (nSPS) is 36.7. The molecule has 0 aromatic heterocycles. The second-order valence-electron chi connectivity index (χ2n) is 23.5. The number of rotatable bonds is 13. The minimum Gasteiger partial charge on any atom is -0.353 e. The van der Waals surface area contributed by atoms with Gasteiger partial charge in [-0.2, -0.15) is 28.3 Å². The number of likely N-dealkylation sites (N-methyl/N-ethyl adjacent to an activating group) is 1. The molecule has 9 aliphatic rings. The molecule has 5 saturated carbocycles. The molecule has 368 valence electrons. The summed E-state index contributed by atoms with van der Waals surface area (Å²) in [6, 6.07) is -1.42. The zero-order chi connectivity index (χ0) is 49.6. The number of likely N-dealkylation sites (tertiary alicyclic amines) is 1. The largest absolute Gasteiger partial charge is 0.471 e. The van der Waals surface area contributed by atoms with E-state index in [0.717, 1.165) is 12.8 Å². The lowest BCUT2D eigenvalue weighted by Gasteiger charge is -2.38. The predicted octanol–water partition coefficient (Wildman–Crippen LogP) is 2.45. The molecule has 5 aliphatic carbocycles. The van der Waals surface area contributed by atoms with Gasteiger partial charge in [-0.3, -0.25) is 24.0 Å². The summed E-state index contributed by atoms with van der Waals surface area (Å²) in [6.07, 6.45) is -0.732. The van der Waals surface area contributed by atoms with Gasteiger partial charge >= 0.3 is 29.9 Å². The van der Waals surface area contributed by atoms with E-state index in [4.69, 9.17) is 0 Å². The van der Waals surface area contributed by atoms with Crippen LogP contribution < -0.4 is 21.3 Å². The summed E-state index contributed by atoms with van der Waals surface area (Å²) in [4.78, 5) is 101. The van der Waals surface area contributed by atoms with E-state index in [2.05, 4.69) is 35.9 Å². The van der Waals surface area contributed by atoms with Crippen LogP contribution in [-0.2, 0) is 28.8 Å². The smallest absolute Gasteiger partial charge is 0.353 e. The fourth-order valence-electron chi connectivity index (χ4n) is 14.4. The van der Waals surface area contributed by atoms with Crippen molar-refractivity contribution in [2.75, 3.05) is 33.2 Å². The van der Waals surface area contributed by atoms with Crippen LogP contribution >= 0.6 is 0 Å². The Labute approximate surface area is 394 Å². The van der Waals surface area contributed by atoms with Gasteiger partial charge in [-0.25, -0.2) is 9.59 Å². The molecule has 20 heteroatoms. The van der Waals surface area contributed by atoms with Crippen LogP contribution in [0.3, 0.4) is 0 Å². The van der Waals surface area contributed by atoms with Crippen molar-refractivity contribution in [3.8, 4) is 12.1 Å². The van der Waals surface area contributed by atoms with Gasteiger partial charge in [0.25, 0.3) is 5.71 Å². The topological polar surface area (TPSA) is 228 Å². The van der Waals surface area contributed by atoms with Crippen molar-refractivity contribution in [1.29, 1.82) is 10.5 Å². The number of nitriles is 2. The minimum absolute atomic E-state index is 0.00252. The van der Waals surface area contributed by atoms with E-state index < -0.39 is 87.6 Å². The Morgan fingerprint density at radius 2 is 1.65 bits per heavy atom. The second kappa shape index (κ2) is 15.6. The molecule has 0 aromatic rings. The molecular weight excluding hydrogens is 886 g/mol. The van der Waals surface area contributed by atoms with E-state index in [1.807, 2.05) is 25.2 Å². The maximum absolute atomic E-state index is 14.7. The Hall–Kier alpha value is -5.27. The van der Waals surface area contributed by atoms with Gasteiger partial charge in [0.2, 0.25) is 17.7 Å². The number of alkyl halides is 3. The fraction of sp³-hybridized carbons (Fsp3) is 0.792. The number of nitrogens with zero attached hydrogens (tertiary/aromatic N) is 6. The van der Waals surface area contributed by atoms with Gasteiger partial charge in [0.1, 0.15) is 18.1 Å². The molecule has 17 nitrogen and oxygen atoms in total. The van der Waals surface area contributed by atoms with E-state index in [9.17, 15) is 57.3 Å². The van der Waals surface area contributed by atoms with Gasteiger partial charge in [0, 0.05) is 50.5 Å². The van der Waals surface area contributed by atoms with Gasteiger partial charge in [-0.1, -0.05) is 48.5 Å². The number of hydrogen-bond acceptors (Lipinski definition) is 9. The molecule has 14 atom stereocenters. The van der Waals surface area contributed by atoms with Crippen LogP contribution in [0.5, 0.6) is 0 Å². The standard InChI is InChI=1S/C48H63F3N10O7/c1-9-46(12-13-46)41(67)60-22-28-31(44(28,5)6)32(60)37(63)54-24(19-52)17-27-26-16-23(10-11-29(26)56-36(27)62)45(7)34-33(38(64)55-25(20-53)21-59-15-14-58(8)42(59)68)61(30-18-47(30,34)45)39(65)35(43(2,3)4)57-40(66)48(49,50)51/h23-32,34-35H,9-18,21-22H2,1-8H3,(H3-,54,55,56,57,62,63,64,66)/p+1/t23?,24-,25+,26?,27?,28-,29?,30+,31+,32?,34+,35+,45?,47?/m0/s1. The van der Waals surface area contributed by atoms with Crippen molar-refractivity contribution < 1.29 is 51.3 Å². The van der Waals surface area contributed by atoms with Crippen LogP contribution in [0.15, 0.2) is 0 Å². The Kier molecular flexibility index (Phi) is 11.0. The zero-order valence-corrected chi connectivity index (χ0v) is 40.1. The van der Waals surface area contributed by atoms with Crippen LogP contribution in [-0.4, -0.2) is 142 Å². The van der Waals surface area contributed by atoms with Crippen molar-refractivity contribution in [1.82, 2.24) is 36.0 Å². The molecule has 1 spiro atoms. The van der Waals surface area contributed by atoms with Crippen molar-refractivity contribution >= 4 is 47.2 Å². The van der Waals surface area contributed by atoms with Crippen LogP contribution in [0.1, 0.15) is 99.8 Å².